The van der Waals surface area contributed by atoms with Crippen LogP contribution in [0, 0.1) is 105 Å². The molecule has 10 unspecified atom stereocenters. The minimum absolute atomic E-state index is 0. The summed E-state index contributed by atoms with van der Waals surface area (Å²) in [5.41, 5.74) is -6.99. The number of aliphatic hydroxyl groups is 5. The molecule has 1 saturated heterocycles. The van der Waals surface area contributed by atoms with Gasteiger partial charge in [0.15, 0.2) is 11.9 Å². The van der Waals surface area contributed by atoms with Crippen LogP contribution >= 0.6 is 0 Å². The van der Waals surface area contributed by atoms with Crippen LogP contribution in [-0.4, -0.2) is 104 Å². The van der Waals surface area contributed by atoms with Gasteiger partial charge in [0.2, 0.25) is 5.91 Å². The predicted molar refractivity (Wildman–Crippen MR) is 179 cm³/mol. The number of hydrogen-bond acceptors (Lipinski definition) is 12. The Labute approximate surface area is 379 Å². The van der Waals surface area contributed by atoms with E-state index in [-0.39, 0.29) is 118 Å². The third-order valence-corrected chi connectivity index (χ3v) is 12.0. The molecule has 2 bridgehead atoms. The minimum Gasteiger partial charge on any atom is -0.456 e. The van der Waals surface area contributed by atoms with Gasteiger partial charge in [0.25, 0.3) is 0 Å². The van der Waals surface area contributed by atoms with Crippen LogP contribution in [-0.2, 0) is 28.6 Å². The van der Waals surface area contributed by atoms with Crippen LogP contribution in [0.3, 0.4) is 0 Å². The SMILES string of the molecule is CC(=O)NC(c1ccccc1)C(O)C(=O)OC1CC2(O)C(OC(=O)c3ccccc3)C3C4(O)COC4CC(O)[C@@]3(C)C(=O)C(O)C(=C1C)C2(C)C.[Ac].[Ac]. The molecule has 0 spiro atoms. The molecule has 0 aromatic heterocycles. The normalized spacial score (nSPS) is 35.2. The molecule has 6 N–H and O–H groups in total. The first-order chi connectivity index (χ1) is 23.9. The molecule has 11 atom stereocenters. The van der Waals surface area contributed by atoms with Crippen molar-refractivity contribution in [3.8, 4) is 0 Å². The van der Waals surface area contributed by atoms with Gasteiger partial charge in [0.1, 0.15) is 29.5 Å². The van der Waals surface area contributed by atoms with Crippen molar-refractivity contribution in [3.63, 3.8) is 0 Å². The van der Waals surface area contributed by atoms with Gasteiger partial charge in [-0.1, -0.05) is 62.4 Å². The molecule has 53 heavy (non-hydrogen) atoms. The van der Waals surface area contributed by atoms with Crippen LogP contribution < -0.4 is 5.32 Å². The van der Waals surface area contributed by atoms with Crippen LogP contribution in [0.15, 0.2) is 71.8 Å². The number of ketones is 1. The van der Waals surface area contributed by atoms with Gasteiger partial charge in [0, 0.05) is 119 Å². The maximum Gasteiger partial charge on any atom is 0.338 e. The number of carbonyl (C=O) groups excluding carboxylic acids is 4. The van der Waals surface area contributed by atoms with Crippen molar-refractivity contribution in [1.82, 2.24) is 5.32 Å². The van der Waals surface area contributed by atoms with E-state index in [1.165, 1.54) is 32.9 Å². The Balaban J connectivity index is 0.00000314. The number of amides is 1. The summed E-state index contributed by atoms with van der Waals surface area (Å²) in [6, 6.07) is 15.0. The predicted octanol–water partition coefficient (Wildman–Crippen LogP) is 1.30. The Morgan fingerprint density at radius 2 is 1.53 bits per heavy atom. The smallest absolute Gasteiger partial charge is 0.338 e. The molecule has 3 aliphatic carbocycles. The number of fused-ring (bicyclic) bond motifs is 5. The van der Waals surface area contributed by atoms with E-state index >= 15 is 0 Å². The molecule has 6 rings (SSSR count). The summed E-state index contributed by atoms with van der Waals surface area (Å²) in [7, 11) is 0. The number of ether oxygens (including phenoxy) is 3. The van der Waals surface area contributed by atoms with Crippen molar-refractivity contribution < 1.29 is 147 Å². The van der Waals surface area contributed by atoms with Gasteiger partial charge < -0.3 is 45.1 Å². The molecule has 13 nitrogen and oxygen atoms in total. The molecule has 3 fully saturated rings. The van der Waals surface area contributed by atoms with Crippen LogP contribution in [0.2, 0.25) is 0 Å². The molecule has 1 heterocycles. The van der Waals surface area contributed by atoms with E-state index < -0.39 is 101 Å². The maximum atomic E-state index is 14.6. The van der Waals surface area contributed by atoms with Gasteiger partial charge in [-0.25, -0.2) is 9.59 Å². The fourth-order valence-electron chi connectivity index (χ4n) is 8.95. The van der Waals surface area contributed by atoms with E-state index in [0.29, 0.717) is 5.56 Å². The second-order valence-corrected chi connectivity index (χ2v) is 15.1. The Kier molecular flexibility index (Phi) is 13.8. The molecular weight excluding hydrogens is 1120 g/mol. The summed E-state index contributed by atoms with van der Waals surface area (Å²) in [5, 5.41) is 62.7. The number of Topliss-reactive ketones (excluding diaryl/α,β-unsaturated/α-hetero) is 1. The molecule has 4 aliphatic rings. The number of rotatable bonds is 7. The number of carbonyl (C=O) groups is 4. The van der Waals surface area contributed by atoms with E-state index in [0.717, 1.165) is 0 Å². The fourth-order valence-corrected chi connectivity index (χ4v) is 8.95. The summed E-state index contributed by atoms with van der Waals surface area (Å²) in [6.45, 7) is 6.94. The van der Waals surface area contributed by atoms with Crippen molar-refractivity contribution in [1.29, 1.82) is 0 Å². The summed E-state index contributed by atoms with van der Waals surface area (Å²) in [6.07, 6.45) is -10.1. The van der Waals surface area contributed by atoms with Crippen molar-refractivity contribution in [2.75, 3.05) is 6.61 Å². The van der Waals surface area contributed by atoms with Crippen molar-refractivity contribution in [2.24, 2.45) is 16.7 Å². The van der Waals surface area contributed by atoms with Crippen LogP contribution in [0.25, 0.3) is 0 Å². The zero-order valence-electron chi connectivity index (χ0n) is 30.3. The van der Waals surface area contributed by atoms with Crippen molar-refractivity contribution >= 4 is 23.6 Å². The third-order valence-electron chi connectivity index (χ3n) is 12.0. The van der Waals surface area contributed by atoms with Gasteiger partial charge in [0.05, 0.1) is 35.8 Å². The third kappa shape index (κ3) is 7.33. The zero-order valence-corrected chi connectivity index (χ0v) is 39.8. The van der Waals surface area contributed by atoms with E-state index in [1.807, 2.05) is 0 Å². The average Bonchev–Trinajstić information content (AvgIpc) is 3.09. The largest absolute Gasteiger partial charge is 0.456 e. The first kappa shape index (κ1) is 44.6. The van der Waals surface area contributed by atoms with Gasteiger partial charge in [-0.2, -0.15) is 0 Å². The molecule has 15 heteroatoms. The second-order valence-electron chi connectivity index (χ2n) is 15.1. The minimum atomic E-state index is -2.28. The molecule has 2 saturated carbocycles. The van der Waals surface area contributed by atoms with Crippen molar-refractivity contribution in [2.45, 2.75) is 101 Å². The van der Waals surface area contributed by atoms with Gasteiger partial charge >= 0.3 is 11.9 Å². The van der Waals surface area contributed by atoms with Gasteiger partial charge in [-0.3, -0.25) is 9.59 Å². The number of esters is 2. The molecule has 2 radical (unpaired) electrons. The van der Waals surface area contributed by atoms with Gasteiger partial charge in [-0.05, 0) is 42.7 Å². The summed E-state index contributed by atoms with van der Waals surface area (Å²) < 4.78 is 17.7. The summed E-state index contributed by atoms with van der Waals surface area (Å²) >= 11 is 0. The molecule has 280 valence electrons. The summed E-state index contributed by atoms with van der Waals surface area (Å²) in [4.78, 5) is 54.3. The Hall–Kier alpha value is -1.10. The van der Waals surface area contributed by atoms with E-state index in [9.17, 15) is 44.7 Å². The quantitative estimate of drug-likeness (QED) is 0.172. The standard InChI is InChI=1S/C38H45NO12.2Ac/c1-19-23(50-34(46)29(43)27(39-20(2)40)21-12-8-6-9-13-21)17-38(48)32(51-33(45)22-14-10-7-11-15-22)30-36(5,24(41)16-25-37(30,47)18-49-25)31(44)28(42)26(19)35(38,3)4;;/h6-15,23-25,27-30,32,41-43,47-48H,16-18H2,1-5H3,(H,39,40);;/t23?,24?,25?,27?,28?,29?,30?,32?,36-,37?,38?;;/m1../s1. The number of aliphatic hydroxyl groups excluding tert-OH is 3. The number of nitrogens with one attached hydrogen (secondary N) is 1. The van der Waals surface area contributed by atoms with E-state index in [1.54, 1.807) is 62.4 Å². The molecular formula is C38H45Ac2NO12. The van der Waals surface area contributed by atoms with Gasteiger partial charge in [-0.15, -0.1) is 0 Å². The Morgan fingerprint density at radius 1 is 0.943 bits per heavy atom. The molecule has 2 aromatic rings. The monoisotopic (exact) mass is 1160 g/mol. The van der Waals surface area contributed by atoms with Crippen LogP contribution in [0.4, 0.5) is 0 Å². The fraction of sp³-hybridized carbons (Fsp3) is 0.526. The average molecular weight is 1160 g/mol. The second kappa shape index (κ2) is 16.4. The van der Waals surface area contributed by atoms with Crippen LogP contribution in [0.1, 0.15) is 69.4 Å². The maximum absolute atomic E-state index is 14.6. The van der Waals surface area contributed by atoms with E-state index in [4.69, 9.17) is 14.2 Å². The zero-order chi connectivity index (χ0) is 37.3. The van der Waals surface area contributed by atoms with E-state index in [2.05, 4.69) is 5.32 Å². The number of benzene rings is 2. The molecule has 1 aliphatic heterocycles. The molecule has 2 aromatic carbocycles. The topological polar surface area (TPSA) is 209 Å². The van der Waals surface area contributed by atoms with Crippen LogP contribution in [0.5, 0.6) is 0 Å². The first-order valence-electron chi connectivity index (χ1n) is 17.0. The van der Waals surface area contributed by atoms with Crippen molar-refractivity contribution in [3.05, 3.63) is 82.9 Å². The molecule has 1 amide bonds. The summed E-state index contributed by atoms with van der Waals surface area (Å²) in [5.74, 6) is -4.98. The Morgan fingerprint density at radius 3 is 2.08 bits per heavy atom. The first-order valence-corrected chi connectivity index (χ1v) is 17.0. The number of hydrogen-bond donors (Lipinski definition) is 6. The Bertz CT molecular complexity index is 1760.